The number of nitrogens with zero attached hydrogens (tertiary/aromatic N) is 4. The molecule has 0 saturated carbocycles. The van der Waals surface area contributed by atoms with Crippen LogP contribution in [-0.4, -0.2) is 38.5 Å². The van der Waals surface area contributed by atoms with Crippen molar-refractivity contribution < 1.29 is 9.21 Å². The van der Waals surface area contributed by atoms with Crippen molar-refractivity contribution in [3.63, 3.8) is 0 Å². The Labute approximate surface area is 137 Å². The smallest absolute Gasteiger partial charge is 0.267 e. The molecule has 1 amide bonds. The zero-order valence-corrected chi connectivity index (χ0v) is 13.5. The lowest BCUT2D eigenvalue weighted by atomic mass is 9.96. The molecule has 23 heavy (non-hydrogen) atoms. The fourth-order valence-electron chi connectivity index (χ4n) is 2.97. The minimum Gasteiger partial charge on any atom is -0.440 e. The molecule has 1 saturated heterocycles. The lowest BCUT2D eigenvalue weighted by Gasteiger charge is -2.30. The summed E-state index contributed by atoms with van der Waals surface area (Å²) in [5.41, 5.74) is 2.43. The van der Waals surface area contributed by atoms with Crippen LogP contribution in [-0.2, 0) is 0 Å². The molecular formula is C16H16N4O2S. The van der Waals surface area contributed by atoms with E-state index in [0.717, 1.165) is 29.8 Å². The SMILES string of the molecule is Cc1nnsc1C(=O)N1CCC(c2nc3ccccc3o2)CC1. The van der Waals surface area contributed by atoms with Crippen molar-refractivity contribution >= 4 is 28.5 Å². The van der Waals surface area contributed by atoms with E-state index in [2.05, 4.69) is 14.6 Å². The third-order valence-electron chi connectivity index (χ3n) is 4.29. The van der Waals surface area contributed by atoms with Crippen molar-refractivity contribution in [3.8, 4) is 0 Å². The van der Waals surface area contributed by atoms with Crippen LogP contribution >= 0.6 is 11.5 Å². The number of hydrogen-bond donors (Lipinski definition) is 0. The number of piperidine rings is 1. The van der Waals surface area contributed by atoms with Crippen LogP contribution in [0.1, 0.15) is 40.0 Å². The Balaban J connectivity index is 1.46. The van der Waals surface area contributed by atoms with Crippen LogP contribution in [0.5, 0.6) is 0 Å². The molecule has 1 fully saturated rings. The molecule has 0 N–H and O–H groups in total. The van der Waals surface area contributed by atoms with E-state index in [1.54, 1.807) is 0 Å². The van der Waals surface area contributed by atoms with Crippen LogP contribution in [0.3, 0.4) is 0 Å². The summed E-state index contributed by atoms with van der Waals surface area (Å²) in [5.74, 6) is 1.09. The van der Waals surface area contributed by atoms with E-state index < -0.39 is 0 Å². The van der Waals surface area contributed by atoms with Gasteiger partial charge in [0.1, 0.15) is 10.4 Å². The summed E-state index contributed by atoms with van der Waals surface area (Å²) in [6, 6.07) is 7.80. The van der Waals surface area contributed by atoms with Crippen molar-refractivity contribution in [1.82, 2.24) is 19.5 Å². The van der Waals surface area contributed by atoms with Crippen molar-refractivity contribution in [2.24, 2.45) is 0 Å². The van der Waals surface area contributed by atoms with Gasteiger partial charge in [0, 0.05) is 19.0 Å². The zero-order valence-electron chi connectivity index (χ0n) is 12.7. The third kappa shape index (κ3) is 2.61. The molecule has 0 atom stereocenters. The van der Waals surface area contributed by atoms with E-state index in [0.29, 0.717) is 23.7 Å². The van der Waals surface area contributed by atoms with Crippen molar-refractivity contribution in [3.05, 3.63) is 40.7 Å². The van der Waals surface area contributed by atoms with E-state index >= 15 is 0 Å². The number of aryl methyl sites for hydroxylation is 1. The number of benzene rings is 1. The molecule has 1 aliphatic heterocycles. The summed E-state index contributed by atoms with van der Waals surface area (Å²) in [6.45, 7) is 3.24. The van der Waals surface area contributed by atoms with E-state index in [9.17, 15) is 4.79 Å². The van der Waals surface area contributed by atoms with E-state index in [4.69, 9.17) is 4.42 Å². The molecule has 118 valence electrons. The van der Waals surface area contributed by atoms with Gasteiger partial charge in [0.2, 0.25) is 0 Å². The second-order valence-corrected chi connectivity index (χ2v) is 6.53. The summed E-state index contributed by atoms with van der Waals surface area (Å²) in [7, 11) is 0. The summed E-state index contributed by atoms with van der Waals surface area (Å²) >= 11 is 1.17. The van der Waals surface area contributed by atoms with Crippen molar-refractivity contribution in [2.45, 2.75) is 25.7 Å². The maximum Gasteiger partial charge on any atom is 0.267 e. The predicted octanol–water partition coefficient (Wildman–Crippen LogP) is 3.01. The van der Waals surface area contributed by atoms with Crippen LogP contribution in [0.2, 0.25) is 0 Å². The average molecular weight is 328 g/mol. The van der Waals surface area contributed by atoms with E-state index in [1.165, 1.54) is 11.5 Å². The van der Waals surface area contributed by atoms with Gasteiger partial charge in [-0.05, 0) is 43.4 Å². The largest absolute Gasteiger partial charge is 0.440 e. The summed E-state index contributed by atoms with van der Waals surface area (Å²) < 4.78 is 9.71. The maximum atomic E-state index is 12.5. The van der Waals surface area contributed by atoms with Crippen molar-refractivity contribution in [1.29, 1.82) is 0 Å². The molecule has 6 nitrogen and oxygen atoms in total. The van der Waals surface area contributed by atoms with Gasteiger partial charge < -0.3 is 9.32 Å². The van der Waals surface area contributed by atoms with Gasteiger partial charge in [-0.15, -0.1) is 5.10 Å². The molecular weight excluding hydrogens is 312 g/mol. The normalized spacial score (nSPS) is 16.1. The first-order chi connectivity index (χ1) is 11.2. The third-order valence-corrected chi connectivity index (χ3v) is 5.10. The number of rotatable bonds is 2. The summed E-state index contributed by atoms with van der Waals surface area (Å²) in [4.78, 5) is 19.6. The van der Waals surface area contributed by atoms with Crippen molar-refractivity contribution in [2.75, 3.05) is 13.1 Å². The number of carbonyl (C=O) groups is 1. The molecule has 1 aromatic carbocycles. The van der Waals surface area contributed by atoms with Gasteiger partial charge in [0.25, 0.3) is 5.91 Å². The topological polar surface area (TPSA) is 72.1 Å². The van der Waals surface area contributed by atoms with Gasteiger partial charge in [0.15, 0.2) is 11.5 Å². The Hall–Kier alpha value is -2.28. The lowest BCUT2D eigenvalue weighted by molar-refractivity contribution is 0.0710. The lowest BCUT2D eigenvalue weighted by Crippen LogP contribution is -2.37. The standard InChI is InChI=1S/C16H16N4O2S/c1-10-14(23-19-18-10)16(21)20-8-6-11(7-9-20)15-17-12-4-2-3-5-13(12)22-15/h2-5,11H,6-9H2,1H3. The van der Waals surface area contributed by atoms with E-state index in [-0.39, 0.29) is 11.8 Å². The molecule has 0 spiro atoms. The number of likely N-dealkylation sites (tertiary alicyclic amines) is 1. The maximum absolute atomic E-state index is 12.5. The highest BCUT2D eigenvalue weighted by molar-refractivity contribution is 7.07. The Morgan fingerprint density at radius 1 is 1.30 bits per heavy atom. The van der Waals surface area contributed by atoms with Crippen LogP contribution in [0.25, 0.3) is 11.1 Å². The van der Waals surface area contributed by atoms with Crippen LogP contribution in [0.4, 0.5) is 0 Å². The quantitative estimate of drug-likeness (QED) is 0.723. The summed E-state index contributed by atoms with van der Waals surface area (Å²) in [5, 5.41) is 3.92. The molecule has 3 aromatic rings. The Morgan fingerprint density at radius 3 is 2.78 bits per heavy atom. The predicted molar refractivity (Wildman–Crippen MR) is 86.5 cm³/mol. The molecule has 2 aromatic heterocycles. The monoisotopic (exact) mass is 328 g/mol. The molecule has 0 unspecified atom stereocenters. The highest BCUT2D eigenvalue weighted by Gasteiger charge is 2.29. The molecule has 0 radical (unpaired) electrons. The highest BCUT2D eigenvalue weighted by Crippen LogP contribution is 2.30. The minimum atomic E-state index is 0.0357. The number of hydrogen-bond acceptors (Lipinski definition) is 6. The van der Waals surface area contributed by atoms with Crippen LogP contribution in [0.15, 0.2) is 28.7 Å². The van der Waals surface area contributed by atoms with Gasteiger partial charge in [-0.25, -0.2) is 4.98 Å². The Morgan fingerprint density at radius 2 is 2.09 bits per heavy atom. The number of oxazole rings is 1. The van der Waals surface area contributed by atoms with Gasteiger partial charge in [-0.3, -0.25) is 4.79 Å². The van der Waals surface area contributed by atoms with Crippen LogP contribution < -0.4 is 0 Å². The average Bonchev–Trinajstić information content (AvgIpc) is 3.20. The highest BCUT2D eigenvalue weighted by atomic mass is 32.1. The Kier molecular flexibility index (Phi) is 3.57. The van der Waals surface area contributed by atoms with Gasteiger partial charge in [0.05, 0.1) is 5.69 Å². The summed E-state index contributed by atoms with van der Waals surface area (Å²) in [6.07, 6.45) is 1.73. The number of aromatic nitrogens is 3. The first-order valence-electron chi connectivity index (χ1n) is 7.66. The van der Waals surface area contributed by atoms with E-state index in [1.807, 2.05) is 36.1 Å². The molecule has 7 heteroatoms. The second kappa shape index (κ2) is 5.73. The zero-order chi connectivity index (χ0) is 15.8. The number of fused-ring (bicyclic) bond motifs is 1. The molecule has 3 heterocycles. The first kappa shape index (κ1) is 14.3. The van der Waals surface area contributed by atoms with Gasteiger partial charge in [-0.1, -0.05) is 16.6 Å². The molecule has 1 aliphatic rings. The van der Waals surface area contributed by atoms with Gasteiger partial charge in [-0.2, -0.15) is 0 Å². The molecule has 0 aliphatic carbocycles. The molecule has 4 rings (SSSR count). The minimum absolute atomic E-state index is 0.0357. The number of para-hydroxylation sites is 2. The number of amides is 1. The van der Waals surface area contributed by atoms with Gasteiger partial charge >= 0.3 is 0 Å². The Bertz CT molecular complexity index is 816. The fourth-order valence-corrected chi connectivity index (χ4v) is 3.59. The fraction of sp³-hybridized carbons (Fsp3) is 0.375. The second-order valence-electron chi connectivity index (χ2n) is 5.77. The molecule has 0 bridgehead atoms. The van der Waals surface area contributed by atoms with Crippen LogP contribution in [0, 0.1) is 6.92 Å². The first-order valence-corrected chi connectivity index (χ1v) is 8.43. The number of carbonyl (C=O) groups excluding carboxylic acids is 1.